The van der Waals surface area contributed by atoms with Crippen LogP contribution in [0.4, 0.5) is 0 Å². The van der Waals surface area contributed by atoms with Crippen LogP contribution in [0.5, 0.6) is 11.5 Å². The van der Waals surface area contributed by atoms with Gasteiger partial charge >= 0.3 is 0 Å². The Balaban J connectivity index is 1.37. The molecule has 0 unspecified atom stereocenters. The lowest BCUT2D eigenvalue weighted by Gasteiger charge is -2.34. The normalized spacial score (nSPS) is 26.0. The predicted octanol–water partition coefficient (Wildman–Crippen LogP) is 2.94. The summed E-state index contributed by atoms with van der Waals surface area (Å²) in [6.07, 6.45) is 6.49. The van der Waals surface area contributed by atoms with Crippen LogP contribution in [0.1, 0.15) is 51.9 Å². The Bertz CT molecular complexity index is 864. The van der Waals surface area contributed by atoms with Gasteiger partial charge < -0.3 is 14.8 Å². The van der Waals surface area contributed by atoms with Crippen LogP contribution in [0.3, 0.4) is 0 Å². The van der Waals surface area contributed by atoms with Crippen molar-refractivity contribution in [3.63, 3.8) is 0 Å². The molecule has 0 bridgehead atoms. The summed E-state index contributed by atoms with van der Waals surface area (Å²) in [5.74, 6) is 1.54. The molecule has 0 aromatic heterocycles. The van der Waals surface area contributed by atoms with E-state index in [-0.39, 0.29) is 22.8 Å². The number of nitrogens with one attached hydrogen (secondary N) is 1. The SMILES string of the molecule is C[C@@H]1CCCC[C@@H]1NC(=O)C1CCN(S(=O)(=O)c2ccc3c(c2)OCCCO3)CC1. The Morgan fingerprint density at radius 3 is 2.43 bits per heavy atom. The third kappa shape index (κ3) is 4.59. The van der Waals surface area contributed by atoms with Crippen molar-refractivity contribution in [1.82, 2.24) is 9.62 Å². The van der Waals surface area contributed by atoms with Gasteiger partial charge in [0.2, 0.25) is 15.9 Å². The van der Waals surface area contributed by atoms with Crippen LogP contribution < -0.4 is 14.8 Å². The van der Waals surface area contributed by atoms with Gasteiger partial charge in [0.05, 0.1) is 18.1 Å². The Labute approximate surface area is 179 Å². The number of carbonyl (C=O) groups is 1. The summed E-state index contributed by atoms with van der Waals surface area (Å²) in [6.45, 7) is 3.99. The number of rotatable bonds is 4. The number of hydrogen-bond acceptors (Lipinski definition) is 5. The molecule has 30 heavy (non-hydrogen) atoms. The van der Waals surface area contributed by atoms with Crippen molar-refractivity contribution in [2.24, 2.45) is 11.8 Å². The summed E-state index contributed by atoms with van der Waals surface area (Å²) in [5.41, 5.74) is 0. The topological polar surface area (TPSA) is 84.9 Å². The molecule has 8 heteroatoms. The van der Waals surface area contributed by atoms with E-state index in [0.717, 1.165) is 19.3 Å². The summed E-state index contributed by atoms with van der Waals surface area (Å²) < 4.78 is 39.0. The first-order valence-electron chi connectivity index (χ1n) is 11.2. The number of fused-ring (bicyclic) bond motifs is 1. The third-order valence-electron chi connectivity index (χ3n) is 6.62. The van der Waals surface area contributed by atoms with E-state index < -0.39 is 10.0 Å². The molecular formula is C22H32N2O5S. The lowest BCUT2D eigenvalue weighted by atomic mass is 9.85. The van der Waals surface area contributed by atoms with Gasteiger partial charge in [0.15, 0.2) is 11.5 Å². The van der Waals surface area contributed by atoms with Crippen LogP contribution in [0.2, 0.25) is 0 Å². The number of piperidine rings is 1. The van der Waals surface area contributed by atoms with Crippen LogP contribution in [0, 0.1) is 11.8 Å². The minimum Gasteiger partial charge on any atom is -0.490 e. The van der Waals surface area contributed by atoms with Crippen LogP contribution in [-0.4, -0.2) is 51.0 Å². The summed E-state index contributed by atoms with van der Waals surface area (Å²) in [7, 11) is -3.63. The molecule has 4 rings (SSSR count). The van der Waals surface area contributed by atoms with Crippen molar-refractivity contribution in [2.45, 2.75) is 62.8 Å². The monoisotopic (exact) mass is 436 g/mol. The summed E-state index contributed by atoms with van der Waals surface area (Å²) >= 11 is 0. The molecule has 1 saturated heterocycles. The molecule has 0 radical (unpaired) electrons. The molecule has 1 aromatic carbocycles. The van der Waals surface area contributed by atoms with Crippen molar-refractivity contribution < 1.29 is 22.7 Å². The zero-order valence-corrected chi connectivity index (χ0v) is 18.5. The van der Waals surface area contributed by atoms with Crippen molar-refractivity contribution in [3.05, 3.63) is 18.2 Å². The molecule has 2 fully saturated rings. The van der Waals surface area contributed by atoms with Gasteiger partial charge in [0.1, 0.15) is 0 Å². The van der Waals surface area contributed by atoms with E-state index in [0.29, 0.717) is 56.6 Å². The molecular weight excluding hydrogens is 404 g/mol. The van der Waals surface area contributed by atoms with E-state index in [2.05, 4.69) is 12.2 Å². The first-order valence-corrected chi connectivity index (χ1v) is 12.6. The number of hydrogen-bond donors (Lipinski definition) is 1. The molecule has 1 amide bonds. The zero-order valence-electron chi connectivity index (χ0n) is 17.6. The molecule has 1 aliphatic carbocycles. The minimum atomic E-state index is -3.63. The highest BCUT2D eigenvalue weighted by Crippen LogP contribution is 2.34. The fraction of sp³-hybridized carbons (Fsp3) is 0.682. The number of carbonyl (C=O) groups excluding carboxylic acids is 1. The van der Waals surface area contributed by atoms with Crippen LogP contribution in [0.25, 0.3) is 0 Å². The Morgan fingerprint density at radius 1 is 1.00 bits per heavy atom. The van der Waals surface area contributed by atoms with Gasteiger partial charge in [-0.3, -0.25) is 4.79 Å². The zero-order chi connectivity index (χ0) is 21.1. The molecule has 7 nitrogen and oxygen atoms in total. The fourth-order valence-electron chi connectivity index (χ4n) is 4.64. The van der Waals surface area contributed by atoms with E-state index >= 15 is 0 Å². The molecule has 1 saturated carbocycles. The highest BCUT2D eigenvalue weighted by Gasteiger charge is 2.34. The lowest BCUT2D eigenvalue weighted by molar-refractivity contribution is -0.127. The van der Waals surface area contributed by atoms with E-state index in [1.807, 2.05) is 0 Å². The van der Waals surface area contributed by atoms with Gasteiger partial charge in [0.25, 0.3) is 0 Å². The van der Waals surface area contributed by atoms with Gasteiger partial charge in [0, 0.05) is 37.5 Å². The first-order chi connectivity index (χ1) is 14.4. The van der Waals surface area contributed by atoms with Crippen LogP contribution >= 0.6 is 0 Å². The second-order valence-corrected chi connectivity index (χ2v) is 10.7. The standard InChI is InChI=1S/C22H32N2O5S/c1-16-5-2-3-6-19(16)23-22(25)17-9-11-24(12-10-17)30(26,27)18-7-8-20-21(15-18)29-14-4-13-28-20/h7-8,15-17,19H,2-6,9-14H2,1H3,(H,23,25)/t16-,19+/m1/s1. The number of ether oxygens (including phenoxy) is 2. The molecule has 0 spiro atoms. The molecule has 1 aromatic rings. The average Bonchev–Trinajstić information content (AvgIpc) is 3.00. The van der Waals surface area contributed by atoms with E-state index in [9.17, 15) is 13.2 Å². The molecule has 2 aliphatic heterocycles. The highest BCUT2D eigenvalue weighted by molar-refractivity contribution is 7.89. The average molecular weight is 437 g/mol. The van der Waals surface area contributed by atoms with Gasteiger partial charge in [-0.25, -0.2) is 8.42 Å². The lowest BCUT2D eigenvalue weighted by Crippen LogP contribution is -2.47. The van der Waals surface area contributed by atoms with Crippen molar-refractivity contribution >= 4 is 15.9 Å². The van der Waals surface area contributed by atoms with Gasteiger partial charge in [-0.1, -0.05) is 19.8 Å². The van der Waals surface area contributed by atoms with Gasteiger partial charge in [-0.15, -0.1) is 0 Å². The van der Waals surface area contributed by atoms with Gasteiger partial charge in [-0.05, 0) is 43.7 Å². The number of amides is 1. The summed E-state index contributed by atoms with van der Waals surface area (Å²) in [4.78, 5) is 12.9. The predicted molar refractivity (Wildman–Crippen MR) is 113 cm³/mol. The summed E-state index contributed by atoms with van der Waals surface area (Å²) in [6, 6.07) is 5.06. The Hall–Kier alpha value is -1.80. The Morgan fingerprint density at radius 2 is 1.70 bits per heavy atom. The number of benzene rings is 1. The molecule has 2 atom stereocenters. The summed E-state index contributed by atoms with van der Waals surface area (Å²) in [5, 5.41) is 3.23. The molecule has 166 valence electrons. The smallest absolute Gasteiger partial charge is 0.243 e. The third-order valence-corrected chi connectivity index (χ3v) is 8.52. The maximum absolute atomic E-state index is 13.1. The molecule has 3 aliphatic rings. The largest absolute Gasteiger partial charge is 0.490 e. The van der Waals surface area contributed by atoms with Crippen molar-refractivity contribution in [3.8, 4) is 11.5 Å². The molecule has 2 heterocycles. The van der Waals surface area contributed by atoms with Crippen LogP contribution in [0.15, 0.2) is 23.1 Å². The van der Waals surface area contributed by atoms with Crippen molar-refractivity contribution in [1.29, 1.82) is 0 Å². The van der Waals surface area contributed by atoms with E-state index in [4.69, 9.17) is 9.47 Å². The fourth-order valence-corrected chi connectivity index (χ4v) is 6.13. The first kappa shape index (κ1) is 21.4. The molecule has 1 N–H and O–H groups in total. The second-order valence-electron chi connectivity index (χ2n) is 8.71. The minimum absolute atomic E-state index is 0.0846. The Kier molecular flexibility index (Phi) is 6.53. The van der Waals surface area contributed by atoms with Gasteiger partial charge in [-0.2, -0.15) is 4.31 Å². The quantitative estimate of drug-likeness (QED) is 0.784. The maximum atomic E-state index is 13.1. The van der Waals surface area contributed by atoms with Crippen LogP contribution in [-0.2, 0) is 14.8 Å². The highest BCUT2D eigenvalue weighted by atomic mass is 32.2. The number of nitrogens with zero attached hydrogens (tertiary/aromatic N) is 1. The number of sulfonamides is 1. The van der Waals surface area contributed by atoms with Crippen molar-refractivity contribution in [2.75, 3.05) is 26.3 Å². The second kappa shape index (κ2) is 9.14. The van der Waals surface area contributed by atoms with E-state index in [1.54, 1.807) is 18.2 Å². The maximum Gasteiger partial charge on any atom is 0.243 e. The van der Waals surface area contributed by atoms with E-state index in [1.165, 1.54) is 17.1 Å².